The van der Waals surface area contributed by atoms with Gasteiger partial charge in [-0.15, -0.1) is 0 Å². The molecule has 0 aromatic heterocycles. The van der Waals surface area contributed by atoms with Crippen molar-refractivity contribution < 1.29 is 13.2 Å². The van der Waals surface area contributed by atoms with E-state index in [1.165, 1.54) is 24.3 Å². The second kappa shape index (κ2) is 4.89. The maximum atomic E-state index is 12.6. The zero-order valence-corrected chi connectivity index (χ0v) is 8.60. The fourth-order valence-electron chi connectivity index (χ4n) is 1.18. The summed E-state index contributed by atoms with van der Waals surface area (Å²) < 4.78 is 37.8. The normalized spacial score (nSPS) is 12.4. The Bertz CT molecular complexity index is 385. The van der Waals surface area contributed by atoms with Crippen molar-refractivity contribution in [3.63, 3.8) is 0 Å². The highest BCUT2D eigenvalue weighted by Crippen LogP contribution is 2.34. The summed E-state index contributed by atoms with van der Waals surface area (Å²) in [6.45, 7) is 1.65. The lowest BCUT2D eigenvalue weighted by Crippen LogP contribution is -2.26. The van der Waals surface area contributed by atoms with Crippen LogP contribution in [0.1, 0.15) is 12.5 Å². The zero-order valence-electron chi connectivity index (χ0n) is 8.60. The van der Waals surface area contributed by atoms with Gasteiger partial charge in [-0.05, 0) is 25.1 Å². The molecule has 0 spiro atoms. The summed E-state index contributed by atoms with van der Waals surface area (Å²) in [5, 5.41) is 2.56. The lowest BCUT2D eigenvalue weighted by atomic mass is 10.1. The average Bonchev–Trinajstić information content (AvgIpc) is 2.25. The van der Waals surface area contributed by atoms with Crippen LogP contribution < -0.4 is 16.6 Å². The summed E-state index contributed by atoms with van der Waals surface area (Å²) in [4.78, 5) is 0. The molecule has 0 radical (unpaired) electrons. The Morgan fingerprint density at radius 3 is 2.44 bits per heavy atom. The molecular formula is C10H12F3N3. The molecule has 0 unspecified atom stereocenters. The molecule has 0 aliphatic heterocycles. The van der Waals surface area contributed by atoms with Crippen molar-refractivity contribution in [2.24, 2.45) is 5.84 Å². The van der Waals surface area contributed by atoms with Crippen LogP contribution in [0.15, 0.2) is 36.2 Å². The predicted molar refractivity (Wildman–Crippen MR) is 56.1 cm³/mol. The molecule has 16 heavy (non-hydrogen) atoms. The van der Waals surface area contributed by atoms with Crippen molar-refractivity contribution in [2.75, 3.05) is 5.32 Å². The van der Waals surface area contributed by atoms with E-state index in [9.17, 15) is 13.2 Å². The van der Waals surface area contributed by atoms with Crippen LogP contribution >= 0.6 is 0 Å². The van der Waals surface area contributed by atoms with Crippen LogP contribution in [-0.4, -0.2) is 0 Å². The highest BCUT2D eigenvalue weighted by atomic mass is 19.4. The van der Waals surface area contributed by atoms with Gasteiger partial charge in [0.2, 0.25) is 0 Å². The van der Waals surface area contributed by atoms with Gasteiger partial charge in [0.1, 0.15) is 5.82 Å². The molecule has 1 aromatic rings. The van der Waals surface area contributed by atoms with Gasteiger partial charge >= 0.3 is 6.18 Å². The van der Waals surface area contributed by atoms with Crippen molar-refractivity contribution in [1.82, 2.24) is 5.43 Å². The third-order valence-electron chi connectivity index (χ3n) is 1.95. The number of allylic oxidation sites excluding steroid dienone is 1. The minimum atomic E-state index is -4.39. The number of hydrogen-bond acceptors (Lipinski definition) is 3. The van der Waals surface area contributed by atoms with Gasteiger partial charge in [0, 0.05) is 0 Å². The predicted octanol–water partition coefficient (Wildman–Crippen LogP) is 2.44. The fourth-order valence-corrected chi connectivity index (χ4v) is 1.18. The molecule has 0 saturated carbocycles. The average molecular weight is 231 g/mol. The van der Waals surface area contributed by atoms with Gasteiger partial charge in [-0.3, -0.25) is 0 Å². The third kappa shape index (κ3) is 2.90. The number of nitrogens with two attached hydrogens (primary N) is 1. The highest BCUT2D eigenvalue weighted by Gasteiger charge is 2.33. The van der Waals surface area contributed by atoms with Crippen LogP contribution in [0.3, 0.4) is 0 Å². The Morgan fingerprint density at radius 2 is 1.94 bits per heavy atom. The monoisotopic (exact) mass is 231 g/mol. The molecular weight excluding hydrogens is 219 g/mol. The van der Waals surface area contributed by atoms with Crippen LogP contribution in [0.2, 0.25) is 0 Å². The van der Waals surface area contributed by atoms with Gasteiger partial charge in [-0.1, -0.05) is 12.1 Å². The molecule has 0 aliphatic carbocycles. The maximum Gasteiger partial charge on any atom is 0.418 e. The first-order valence-electron chi connectivity index (χ1n) is 4.55. The van der Waals surface area contributed by atoms with E-state index in [0.717, 1.165) is 6.07 Å². The molecule has 0 heterocycles. The molecule has 0 aliphatic rings. The standard InChI is InChI=1S/C10H12F3N3/c1-2-9(16-14)15-8-6-4-3-5-7(8)10(11,12)13/h2-6,15-16H,14H2,1H3/b9-2+. The van der Waals surface area contributed by atoms with Gasteiger partial charge < -0.3 is 10.7 Å². The van der Waals surface area contributed by atoms with Crippen LogP contribution in [-0.2, 0) is 6.18 Å². The Kier molecular flexibility index (Phi) is 3.78. The van der Waals surface area contributed by atoms with Crippen LogP contribution in [0.4, 0.5) is 18.9 Å². The van der Waals surface area contributed by atoms with Crippen LogP contribution in [0.25, 0.3) is 0 Å². The maximum absolute atomic E-state index is 12.6. The summed E-state index contributed by atoms with van der Waals surface area (Å²) >= 11 is 0. The minimum Gasteiger partial charge on any atom is -0.341 e. The van der Waals surface area contributed by atoms with E-state index in [0.29, 0.717) is 5.82 Å². The van der Waals surface area contributed by atoms with E-state index in [4.69, 9.17) is 5.84 Å². The van der Waals surface area contributed by atoms with Crippen molar-refractivity contribution in [3.8, 4) is 0 Å². The summed E-state index contributed by atoms with van der Waals surface area (Å²) in [5.41, 5.74) is 1.49. The quantitative estimate of drug-likeness (QED) is 0.553. The molecule has 1 aromatic carbocycles. The van der Waals surface area contributed by atoms with Crippen molar-refractivity contribution in [2.45, 2.75) is 13.1 Å². The molecule has 4 N–H and O–H groups in total. The summed E-state index contributed by atoms with van der Waals surface area (Å²) in [5.74, 6) is 5.43. The Morgan fingerprint density at radius 1 is 1.31 bits per heavy atom. The smallest absolute Gasteiger partial charge is 0.341 e. The molecule has 1 rings (SSSR count). The van der Waals surface area contributed by atoms with Crippen molar-refractivity contribution in [3.05, 3.63) is 41.7 Å². The number of nitrogens with one attached hydrogen (secondary N) is 2. The Labute approximate surface area is 91.1 Å². The summed E-state index contributed by atoms with van der Waals surface area (Å²) in [7, 11) is 0. The first-order valence-corrected chi connectivity index (χ1v) is 4.55. The third-order valence-corrected chi connectivity index (χ3v) is 1.95. The van der Waals surface area contributed by atoms with Crippen molar-refractivity contribution in [1.29, 1.82) is 0 Å². The van der Waals surface area contributed by atoms with Gasteiger partial charge in [-0.2, -0.15) is 13.2 Å². The Balaban J connectivity index is 3.05. The van der Waals surface area contributed by atoms with E-state index >= 15 is 0 Å². The van der Waals surface area contributed by atoms with Gasteiger partial charge in [0.15, 0.2) is 0 Å². The Hall–Kier alpha value is -1.69. The molecule has 0 amide bonds. The van der Waals surface area contributed by atoms with Crippen molar-refractivity contribution >= 4 is 5.69 Å². The fraction of sp³-hybridized carbons (Fsp3) is 0.200. The molecule has 0 fully saturated rings. The van der Waals surface area contributed by atoms with Gasteiger partial charge in [0.05, 0.1) is 11.3 Å². The number of benzene rings is 1. The number of rotatable bonds is 3. The lowest BCUT2D eigenvalue weighted by Gasteiger charge is -2.15. The number of para-hydroxylation sites is 1. The number of hydrazine groups is 1. The summed E-state index contributed by atoms with van der Waals surface area (Å²) in [6.07, 6.45) is -2.86. The van der Waals surface area contributed by atoms with E-state index in [2.05, 4.69) is 10.7 Å². The molecule has 0 saturated heterocycles. The number of anilines is 1. The van der Waals surface area contributed by atoms with E-state index < -0.39 is 11.7 Å². The van der Waals surface area contributed by atoms with Crippen LogP contribution in [0.5, 0.6) is 0 Å². The van der Waals surface area contributed by atoms with Crippen LogP contribution in [0, 0.1) is 0 Å². The highest BCUT2D eigenvalue weighted by molar-refractivity contribution is 5.55. The van der Waals surface area contributed by atoms with Gasteiger partial charge in [-0.25, -0.2) is 5.84 Å². The minimum absolute atomic E-state index is 0.0407. The molecule has 88 valence electrons. The van der Waals surface area contributed by atoms with E-state index in [1.54, 1.807) is 6.92 Å². The first kappa shape index (κ1) is 12.4. The topological polar surface area (TPSA) is 50.1 Å². The zero-order chi connectivity index (χ0) is 12.2. The second-order valence-corrected chi connectivity index (χ2v) is 3.02. The molecule has 3 nitrogen and oxygen atoms in total. The number of hydrogen-bond donors (Lipinski definition) is 3. The van der Waals surface area contributed by atoms with Gasteiger partial charge in [0.25, 0.3) is 0 Å². The van der Waals surface area contributed by atoms with E-state index in [1.807, 2.05) is 0 Å². The first-order chi connectivity index (χ1) is 7.49. The molecule has 0 bridgehead atoms. The largest absolute Gasteiger partial charge is 0.418 e. The second-order valence-electron chi connectivity index (χ2n) is 3.02. The lowest BCUT2D eigenvalue weighted by molar-refractivity contribution is -0.136. The number of halogens is 3. The SMILES string of the molecule is C/C=C(/NN)Nc1ccccc1C(F)(F)F. The number of alkyl halides is 3. The molecule has 6 heteroatoms. The van der Waals surface area contributed by atoms with E-state index in [-0.39, 0.29) is 5.69 Å². The summed E-state index contributed by atoms with van der Waals surface area (Å²) in [6, 6.07) is 5.19. The molecule has 0 atom stereocenters.